The zero-order valence-electron chi connectivity index (χ0n) is 14.1. The average molecular weight is 354 g/mol. The molecule has 1 saturated heterocycles. The molecule has 0 spiro atoms. The second kappa shape index (κ2) is 6.94. The Kier molecular flexibility index (Phi) is 4.51. The Morgan fingerprint density at radius 1 is 1.16 bits per heavy atom. The molecule has 0 bridgehead atoms. The summed E-state index contributed by atoms with van der Waals surface area (Å²) >= 11 is 6.13. The number of aromatic amines is 1. The molecule has 1 aliphatic rings. The highest BCUT2D eigenvalue weighted by atomic mass is 35.5. The first-order chi connectivity index (χ1) is 12.2. The number of H-pyrrole nitrogens is 1. The summed E-state index contributed by atoms with van der Waals surface area (Å²) in [6.07, 6.45) is 5.56. The smallest absolute Gasteiger partial charge is 0.116 e. The summed E-state index contributed by atoms with van der Waals surface area (Å²) in [7, 11) is 0. The summed E-state index contributed by atoms with van der Waals surface area (Å²) in [5, 5.41) is 12.1. The first kappa shape index (κ1) is 16.2. The van der Waals surface area contributed by atoms with Gasteiger partial charge in [0.15, 0.2) is 0 Å². The van der Waals surface area contributed by atoms with Gasteiger partial charge in [0.1, 0.15) is 12.0 Å². The van der Waals surface area contributed by atoms with Crippen molar-refractivity contribution in [3.63, 3.8) is 0 Å². The van der Waals surface area contributed by atoms with Crippen molar-refractivity contribution >= 4 is 11.6 Å². The number of aryl methyl sites for hydroxylation is 1. The zero-order valence-corrected chi connectivity index (χ0v) is 14.8. The lowest BCUT2D eigenvalue weighted by Gasteiger charge is -2.22. The van der Waals surface area contributed by atoms with Gasteiger partial charge in [0.2, 0.25) is 0 Å². The minimum atomic E-state index is 0.458. The van der Waals surface area contributed by atoms with Crippen LogP contribution in [0.4, 0.5) is 0 Å². The number of nitrogens with one attached hydrogen (secondary N) is 2. The van der Waals surface area contributed by atoms with Crippen molar-refractivity contribution in [2.45, 2.75) is 25.7 Å². The van der Waals surface area contributed by atoms with E-state index in [2.05, 4.69) is 32.4 Å². The molecule has 2 N–H and O–H groups in total. The number of piperidine rings is 1. The van der Waals surface area contributed by atoms with Gasteiger partial charge in [0, 0.05) is 34.0 Å². The Morgan fingerprint density at radius 3 is 2.72 bits per heavy atom. The molecule has 1 aromatic carbocycles. The molecule has 1 fully saturated rings. The van der Waals surface area contributed by atoms with Crippen LogP contribution < -0.4 is 5.32 Å². The first-order valence-corrected chi connectivity index (χ1v) is 8.93. The van der Waals surface area contributed by atoms with Gasteiger partial charge in [0.05, 0.1) is 5.69 Å². The van der Waals surface area contributed by atoms with E-state index in [4.69, 9.17) is 11.6 Å². The summed E-state index contributed by atoms with van der Waals surface area (Å²) in [5.41, 5.74) is 6.27. The van der Waals surface area contributed by atoms with E-state index in [0.29, 0.717) is 5.92 Å². The largest absolute Gasteiger partial charge is 0.317 e. The van der Waals surface area contributed by atoms with Crippen LogP contribution in [0.1, 0.15) is 30.0 Å². The molecule has 0 aliphatic carbocycles. The van der Waals surface area contributed by atoms with Crippen LogP contribution in [-0.2, 0) is 0 Å². The number of rotatable bonds is 3. The number of hydrogen-bond acceptors (Lipinski definition) is 4. The fraction of sp³-hybridized carbons (Fsp3) is 0.316. The van der Waals surface area contributed by atoms with Gasteiger partial charge in [-0.25, -0.2) is 9.97 Å². The predicted molar refractivity (Wildman–Crippen MR) is 99.6 cm³/mol. The van der Waals surface area contributed by atoms with E-state index in [-0.39, 0.29) is 0 Å². The maximum atomic E-state index is 6.13. The molecule has 128 valence electrons. The fourth-order valence-electron chi connectivity index (χ4n) is 3.55. The monoisotopic (exact) mass is 353 g/mol. The van der Waals surface area contributed by atoms with Gasteiger partial charge in [-0.15, -0.1) is 0 Å². The highest BCUT2D eigenvalue weighted by Gasteiger charge is 2.25. The van der Waals surface area contributed by atoms with Crippen LogP contribution in [-0.4, -0.2) is 33.3 Å². The Labute approximate surface area is 151 Å². The van der Waals surface area contributed by atoms with Gasteiger partial charge in [-0.3, -0.25) is 5.10 Å². The summed E-state index contributed by atoms with van der Waals surface area (Å²) in [4.78, 5) is 8.56. The number of halogens is 1. The lowest BCUT2D eigenvalue weighted by molar-refractivity contribution is 0.453. The molecule has 0 unspecified atom stereocenters. The zero-order chi connectivity index (χ0) is 17.2. The summed E-state index contributed by atoms with van der Waals surface area (Å²) < 4.78 is 0. The van der Waals surface area contributed by atoms with Crippen LogP contribution in [0.25, 0.3) is 22.5 Å². The van der Waals surface area contributed by atoms with Gasteiger partial charge < -0.3 is 5.32 Å². The van der Waals surface area contributed by atoms with Gasteiger partial charge in [-0.1, -0.05) is 17.7 Å². The molecular weight excluding hydrogens is 334 g/mol. The minimum Gasteiger partial charge on any atom is -0.317 e. The second-order valence-corrected chi connectivity index (χ2v) is 6.88. The Balaban J connectivity index is 1.88. The number of nitrogens with zero attached hydrogens (tertiary/aromatic N) is 3. The third kappa shape index (κ3) is 3.17. The molecule has 2 aromatic heterocycles. The van der Waals surface area contributed by atoms with Crippen molar-refractivity contribution in [2.24, 2.45) is 0 Å². The average Bonchev–Trinajstić information content (AvgIpc) is 3.08. The predicted octanol–water partition coefficient (Wildman–Crippen LogP) is 3.96. The normalized spacial score (nSPS) is 15.4. The topological polar surface area (TPSA) is 66.5 Å². The molecule has 4 rings (SSSR count). The standard InChI is InChI=1S/C19H20ClN5/c1-12-10-14(20)2-3-15(12)19-17(16-6-9-22-11-23-16)18(24-25-19)13-4-7-21-8-5-13/h2-3,6,9-11,13,21H,4-5,7-8H2,1H3,(H,24,25). The van der Waals surface area contributed by atoms with Crippen molar-refractivity contribution in [3.8, 4) is 22.5 Å². The molecule has 3 heterocycles. The molecule has 1 aliphatic heterocycles. The summed E-state index contributed by atoms with van der Waals surface area (Å²) in [6.45, 7) is 4.12. The maximum Gasteiger partial charge on any atom is 0.116 e. The SMILES string of the molecule is Cc1cc(Cl)ccc1-c1n[nH]c(C2CCNCC2)c1-c1ccncn1. The number of benzene rings is 1. The molecular formula is C19H20ClN5. The van der Waals surface area contributed by atoms with Crippen LogP contribution >= 0.6 is 11.6 Å². The summed E-state index contributed by atoms with van der Waals surface area (Å²) in [6, 6.07) is 7.86. The van der Waals surface area contributed by atoms with Crippen LogP contribution in [0, 0.1) is 6.92 Å². The molecule has 6 heteroatoms. The third-order valence-corrected chi connectivity index (χ3v) is 5.06. The Morgan fingerprint density at radius 2 is 2.00 bits per heavy atom. The van der Waals surface area contributed by atoms with Crippen molar-refractivity contribution in [1.82, 2.24) is 25.5 Å². The Bertz CT molecular complexity index is 869. The molecule has 0 saturated carbocycles. The third-order valence-electron chi connectivity index (χ3n) is 4.82. The second-order valence-electron chi connectivity index (χ2n) is 6.44. The first-order valence-electron chi connectivity index (χ1n) is 8.56. The highest BCUT2D eigenvalue weighted by Crippen LogP contribution is 2.39. The van der Waals surface area contributed by atoms with Crippen LogP contribution in [0.15, 0.2) is 36.8 Å². The molecule has 0 amide bonds. The van der Waals surface area contributed by atoms with E-state index in [9.17, 15) is 0 Å². The quantitative estimate of drug-likeness (QED) is 0.747. The number of hydrogen-bond donors (Lipinski definition) is 2. The highest BCUT2D eigenvalue weighted by molar-refractivity contribution is 6.30. The van der Waals surface area contributed by atoms with Crippen molar-refractivity contribution < 1.29 is 0 Å². The van der Waals surface area contributed by atoms with E-state index in [0.717, 1.165) is 59.0 Å². The van der Waals surface area contributed by atoms with E-state index in [1.165, 1.54) is 5.69 Å². The van der Waals surface area contributed by atoms with Crippen molar-refractivity contribution in [3.05, 3.63) is 53.1 Å². The van der Waals surface area contributed by atoms with Crippen LogP contribution in [0.5, 0.6) is 0 Å². The minimum absolute atomic E-state index is 0.458. The maximum absolute atomic E-state index is 6.13. The molecule has 0 atom stereocenters. The van der Waals surface area contributed by atoms with E-state index < -0.39 is 0 Å². The Hall–Kier alpha value is -2.24. The lowest BCUT2D eigenvalue weighted by atomic mass is 9.89. The van der Waals surface area contributed by atoms with Crippen molar-refractivity contribution in [2.75, 3.05) is 13.1 Å². The van der Waals surface area contributed by atoms with Crippen molar-refractivity contribution in [1.29, 1.82) is 0 Å². The van der Waals surface area contributed by atoms with Gasteiger partial charge in [-0.2, -0.15) is 5.10 Å². The van der Waals surface area contributed by atoms with E-state index >= 15 is 0 Å². The summed E-state index contributed by atoms with van der Waals surface area (Å²) in [5.74, 6) is 0.458. The van der Waals surface area contributed by atoms with Crippen LogP contribution in [0.2, 0.25) is 5.02 Å². The van der Waals surface area contributed by atoms with Gasteiger partial charge in [0.25, 0.3) is 0 Å². The molecule has 3 aromatic rings. The van der Waals surface area contributed by atoms with E-state index in [1.807, 2.05) is 24.3 Å². The van der Waals surface area contributed by atoms with Crippen LogP contribution in [0.3, 0.4) is 0 Å². The molecule has 0 radical (unpaired) electrons. The molecule has 25 heavy (non-hydrogen) atoms. The molecule has 5 nitrogen and oxygen atoms in total. The number of aromatic nitrogens is 4. The fourth-order valence-corrected chi connectivity index (χ4v) is 3.77. The lowest BCUT2D eigenvalue weighted by Crippen LogP contribution is -2.27. The van der Waals surface area contributed by atoms with Gasteiger partial charge >= 0.3 is 0 Å². The van der Waals surface area contributed by atoms with Gasteiger partial charge in [-0.05, 0) is 56.6 Å². The van der Waals surface area contributed by atoms with E-state index in [1.54, 1.807) is 12.5 Å².